The Bertz CT molecular complexity index is 796. The Hall–Kier alpha value is -2.63. The molecule has 3 N–H and O–H groups in total. The third kappa shape index (κ3) is 2.59. The summed E-state index contributed by atoms with van der Waals surface area (Å²) in [6.07, 6.45) is 1.98. The summed E-state index contributed by atoms with van der Waals surface area (Å²) >= 11 is 0. The monoisotopic (exact) mass is 300 g/mol. The average Bonchev–Trinajstić information content (AvgIpc) is 2.94. The second-order valence-corrected chi connectivity index (χ2v) is 5.55. The molecule has 0 radical (unpaired) electrons. The number of aliphatic carboxylic acids is 1. The van der Waals surface area contributed by atoms with Crippen LogP contribution in [0.4, 0.5) is 0 Å². The van der Waals surface area contributed by atoms with Crippen LogP contribution in [0.2, 0.25) is 0 Å². The van der Waals surface area contributed by atoms with Gasteiger partial charge in [-0.25, -0.2) is 0 Å². The number of pyridine rings is 1. The molecule has 1 aliphatic rings. The smallest absolute Gasteiger partial charge is 0.308 e. The molecule has 0 spiro atoms. The van der Waals surface area contributed by atoms with Crippen LogP contribution >= 0.6 is 0 Å². The zero-order valence-corrected chi connectivity index (χ0v) is 11.8. The minimum atomic E-state index is -0.890. The van der Waals surface area contributed by atoms with Crippen molar-refractivity contribution in [2.45, 2.75) is 25.3 Å². The SMILES string of the molecule is O=C(N[C@@H]1CCC[C@@H]1C(=O)O)c1cc(=O)[nH]c2ccccc12. The molecule has 0 saturated heterocycles. The first-order valence-electron chi connectivity index (χ1n) is 7.22. The molecular weight excluding hydrogens is 284 g/mol. The molecule has 22 heavy (non-hydrogen) atoms. The fourth-order valence-corrected chi connectivity index (χ4v) is 3.07. The van der Waals surface area contributed by atoms with Gasteiger partial charge in [-0.3, -0.25) is 14.4 Å². The molecule has 1 heterocycles. The number of aromatic amines is 1. The Kier molecular flexibility index (Phi) is 3.66. The van der Waals surface area contributed by atoms with Crippen molar-refractivity contribution in [3.63, 3.8) is 0 Å². The molecule has 1 amide bonds. The number of H-pyrrole nitrogens is 1. The molecule has 1 aromatic carbocycles. The lowest BCUT2D eigenvalue weighted by Gasteiger charge is -2.18. The molecule has 2 aromatic rings. The van der Waals surface area contributed by atoms with Gasteiger partial charge in [0, 0.05) is 23.0 Å². The first-order valence-corrected chi connectivity index (χ1v) is 7.22. The molecule has 1 aromatic heterocycles. The highest BCUT2D eigenvalue weighted by atomic mass is 16.4. The molecular formula is C16H16N2O4. The summed E-state index contributed by atoms with van der Waals surface area (Å²) in [7, 11) is 0. The van der Waals surface area contributed by atoms with Crippen LogP contribution < -0.4 is 10.9 Å². The number of fused-ring (bicyclic) bond motifs is 1. The third-order valence-electron chi connectivity index (χ3n) is 4.14. The Labute approximate surface area is 126 Å². The number of hydrogen-bond acceptors (Lipinski definition) is 3. The fourth-order valence-electron chi connectivity index (χ4n) is 3.07. The molecule has 0 aliphatic heterocycles. The molecule has 0 bridgehead atoms. The van der Waals surface area contributed by atoms with E-state index < -0.39 is 17.8 Å². The number of nitrogens with one attached hydrogen (secondary N) is 2. The second-order valence-electron chi connectivity index (χ2n) is 5.55. The van der Waals surface area contributed by atoms with Gasteiger partial charge in [0.2, 0.25) is 5.56 Å². The van der Waals surface area contributed by atoms with E-state index in [1.807, 2.05) is 0 Å². The largest absolute Gasteiger partial charge is 0.481 e. The van der Waals surface area contributed by atoms with Crippen molar-refractivity contribution in [1.82, 2.24) is 10.3 Å². The van der Waals surface area contributed by atoms with Crippen molar-refractivity contribution in [3.05, 3.63) is 46.2 Å². The number of carbonyl (C=O) groups excluding carboxylic acids is 1. The van der Waals surface area contributed by atoms with E-state index in [2.05, 4.69) is 10.3 Å². The van der Waals surface area contributed by atoms with Gasteiger partial charge in [-0.2, -0.15) is 0 Å². The number of benzene rings is 1. The summed E-state index contributed by atoms with van der Waals surface area (Å²) < 4.78 is 0. The first-order chi connectivity index (χ1) is 10.6. The van der Waals surface area contributed by atoms with Gasteiger partial charge in [0.05, 0.1) is 11.5 Å². The Balaban J connectivity index is 1.93. The van der Waals surface area contributed by atoms with E-state index in [1.165, 1.54) is 6.07 Å². The first kappa shape index (κ1) is 14.3. The van der Waals surface area contributed by atoms with E-state index >= 15 is 0 Å². The molecule has 1 fully saturated rings. The van der Waals surface area contributed by atoms with Crippen LogP contribution in [0.25, 0.3) is 10.9 Å². The van der Waals surface area contributed by atoms with Crippen molar-refractivity contribution in [2.75, 3.05) is 0 Å². The van der Waals surface area contributed by atoms with Gasteiger partial charge in [-0.05, 0) is 18.9 Å². The standard InChI is InChI=1S/C16H16N2O4/c19-14-8-11(9-4-1-2-6-12(9)17-14)15(20)18-13-7-3-5-10(13)16(21)22/h1-2,4,6,8,10,13H,3,5,7H2,(H,17,19)(H,18,20)(H,21,22)/t10-,13+/m0/s1. The van der Waals surface area contributed by atoms with Crippen LogP contribution in [0.1, 0.15) is 29.6 Å². The van der Waals surface area contributed by atoms with Gasteiger partial charge in [-0.15, -0.1) is 0 Å². The lowest BCUT2D eigenvalue weighted by atomic mass is 10.0. The zero-order valence-electron chi connectivity index (χ0n) is 11.8. The summed E-state index contributed by atoms with van der Waals surface area (Å²) in [4.78, 5) is 38.0. The molecule has 1 saturated carbocycles. The minimum absolute atomic E-state index is 0.274. The normalized spacial score (nSPS) is 20.9. The van der Waals surface area contributed by atoms with Crippen LogP contribution in [0, 0.1) is 5.92 Å². The zero-order chi connectivity index (χ0) is 15.7. The molecule has 2 atom stereocenters. The predicted octanol–water partition coefficient (Wildman–Crippen LogP) is 1.51. The number of hydrogen-bond donors (Lipinski definition) is 3. The maximum atomic E-state index is 12.5. The van der Waals surface area contributed by atoms with Crippen LogP contribution in [0.5, 0.6) is 0 Å². The highest BCUT2D eigenvalue weighted by molar-refractivity contribution is 6.06. The molecule has 114 valence electrons. The Morgan fingerprint density at radius 2 is 2.00 bits per heavy atom. The maximum absolute atomic E-state index is 12.5. The topological polar surface area (TPSA) is 99.3 Å². The van der Waals surface area contributed by atoms with Crippen molar-refractivity contribution in [3.8, 4) is 0 Å². The number of amides is 1. The van der Waals surface area contributed by atoms with Crippen LogP contribution in [0.3, 0.4) is 0 Å². The summed E-state index contributed by atoms with van der Waals surface area (Å²) in [6.45, 7) is 0. The highest BCUT2D eigenvalue weighted by Gasteiger charge is 2.34. The van der Waals surface area contributed by atoms with Gasteiger partial charge in [0.25, 0.3) is 5.91 Å². The van der Waals surface area contributed by atoms with E-state index in [9.17, 15) is 19.5 Å². The Morgan fingerprint density at radius 1 is 1.23 bits per heavy atom. The number of rotatable bonds is 3. The average molecular weight is 300 g/mol. The van der Waals surface area contributed by atoms with Crippen molar-refractivity contribution in [2.24, 2.45) is 5.92 Å². The summed E-state index contributed by atoms with van der Waals surface area (Å²) in [6, 6.07) is 7.91. The van der Waals surface area contributed by atoms with Gasteiger partial charge >= 0.3 is 5.97 Å². The quantitative estimate of drug-likeness (QED) is 0.800. The Morgan fingerprint density at radius 3 is 2.77 bits per heavy atom. The summed E-state index contributed by atoms with van der Waals surface area (Å²) in [5.41, 5.74) is 0.502. The third-order valence-corrected chi connectivity index (χ3v) is 4.14. The summed E-state index contributed by atoms with van der Waals surface area (Å²) in [5, 5.41) is 12.6. The van der Waals surface area contributed by atoms with Crippen LogP contribution in [0.15, 0.2) is 35.1 Å². The molecule has 1 aliphatic carbocycles. The van der Waals surface area contributed by atoms with Gasteiger partial charge in [0.1, 0.15) is 0 Å². The predicted molar refractivity (Wildman–Crippen MR) is 80.8 cm³/mol. The van der Waals surface area contributed by atoms with Gasteiger partial charge < -0.3 is 15.4 Å². The van der Waals surface area contributed by atoms with Gasteiger partial charge in [-0.1, -0.05) is 24.6 Å². The number of para-hydroxylation sites is 1. The van der Waals surface area contributed by atoms with E-state index in [-0.39, 0.29) is 17.2 Å². The molecule has 0 unspecified atom stereocenters. The van der Waals surface area contributed by atoms with E-state index in [0.717, 1.165) is 6.42 Å². The highest BCUT2D eigenvalue weighted by Crippen LogP contribution is 2.26. The fraction of sp³-hybridized carbons (Fsp3) is 0.312. The van der Waals surface area contributed by atoms with Crippen LogP contribution in [-0.4, -0.2) is 28.0 Å². The molecule has 6 nitrogen and oxygen atoms in total. The van der Waals surface area contributed by atoms with Crippen molar-refractivity contribution in [1.29, 1.82) is 0 Å². The van der Waals surface area contributed by atoms with E-state index in [4.69, 9.17) is 0 Å². The van der Waals surface area contributed by atoms with E-state index in [0.29, 0.717) is 23.7 Å². The lowest BCUT2D eigenvalue weighted by Crippen LogP contribution is -2.40. The number of carbonyl (C=O) groups is 2. The van der Waals surface area contributed by atoms with Gasteiger partial charge in [0.15, 0.2) is 0 Å². The molecule has 3 rings (SSSR count). The number of aromatic nitrogens is 1. The number of carboxylic acid groups (broad SMARTS) is 1. The lowest BCUT2D eigenvalue weighted by molar-refractivity contribution is -0.142. The summed E-state index contributed by atoms with van der Waals surface area (Å²) in [5.74, 6) is -1.85. The molecule has 6 heteroatoms. The number of carboxylic acids is 1. The maximum Gasteiger partial charge on any atom is 0.308 e. The van der Waals surface area contributed by atoms with E-state index in [1.54, 1.807) is 24.3 Å². The van der Waals surface area contributed by atoms with Crippen molar-refractivity contribution < 1.29 is 14.7 Å². The van der Waals surface area contributed by atoms with Crippen molar-refractivity contribution >= 4 is 22.8 Å². The minimum Gasteiger partial charge on any atom is -0.481 e. The second kappa shape index (κ2) is 5.63. The van der Waals surface area contributed by atoms with Crippen LogP contribution in [-0.2, 0) is 4.79 Å².